The van der Waals surface area contributed by atoms with Crippen LogP contribution < -0.4 is 10.6 Å². The number of aromatic nitrogens is 1. The Bertz CT molecular complexity index is 678. The molecule has 0 radical (unpaired) electrons. The molecule has 0 aliphatic carbocycles. The van der Waals surface area contributed by atoms with E-state index in [9.17, 15) is 4.79 Å². The summed E-state index contributed by atoms with van der Waals surface area (Å²) >= 11 is 0. The molecule has 2 rings (SSSR count). The summed E-state index contributed by atoms with van der Waals surface area (Å²) in [6, 6.07) is 9.51. The highest BCUT2D eigenvalue weighted by Gasteiger charge is 2.17. The fourth-order valence-electron chi connectivity index (χ4n) is 2.03. The minimum Gasteiger partial charge on any atom is -0.444 e. The fraction of sp³-hybridized carbons (Fsp3) is 0.333. The number of carbonyl (C=O) groups is 1. The average molecular weight is 313 g/mol. The molecule has 1 aromatic carbocycles. The molecule has 0 bridgehead atoms. The number of pyridine rings is 1. The first kappa shape index (κ1) is 16.8. The maximum Gasteiger partial charge on any atom is 0.412 e. The number of para-hydroxylation sites is 2. The molecule has 1 heterocycles. The van der Waals surface area contributed by atoms with Crippen LogP contribution in [0.1, 0.15) is 31.9 Å². The topological polar surface area (TPSA) is 63.2 Å². The van der Waals surface area contributed by atoms with E-state index in [2.05, 4.69) is 15.6 Å². The number of benzene rings is 1. The van der Waals surface area contributed by atoms with E-state index in [1.54, 1.807) is 6.20 Å². The fourth-order valence-corrected chi connectivity index (χ4v) is 2.03. The second-order valence-corrected chi connectivity index (χ2v) is 6.33. The van der Waals surface area contributed by atoms with Crippen LogP contribution in [0.25, 0.3) is 0 Å². The van der Waals surface area contributed by atoms with E-state index in [-0.39, 0.29) is 0 Å². The number of carbonyl (C=O) groups excluding carboxylic acids is 1. The second-order valence-electron chi connectivity index (χ2n) is 6.33. The summed E-state index contributed by atoms with van der Waals surface area (Å²) in [5.41, 5.74) is 3.27. The maximum absolute atomic E-state index is 11.9. The Balaban J connectivity index is 2.06. The number of ether oxygens (including phenoxy) is 1. The van der Waals surface area contributed by atoms with Crippen LogP contribution in [0.2, 0.25) is 0 Å². The van der Waals surface area contributed by atoms with Crippen LogP contribution in [-0.4, -0.2) is 16.7 Å². The highest BCUT2D eigenvalue weighted by atomic mass is 16.6. The molecule has 0 aliphatic heterocycles. The van der Waals surface area contributed by atoms with Gasteiger partial charge in [-0.3, -0.25) is 10.3 Å². The van der Waals surface area contributed by atoms with Crippen molar-refractivity contribution in [2.45, 2.75) is 39.8 Å². The van der Waals surface area contributed by atoms with E-state index in [0.29, 0.717) is 12.2 Å². The largest absolute Gasteiger partial charge is 0.444 e. The van der Waals surface area contributed by atoms with Crippen molar-refractivity contribution < 1.29 is 9.53 Å². The summed E-state index contributed by atoms with van der Waals surface area (Å²) < 4.78 is 5.29. The molecule has 0 spiro atoms. The molecule has 0 fully saturated rings. The molecule has 0 atom stereocenters. The first-order chi connectivity index (χ1) is 10.8. The van der Waals surface area contributed by atoms with E-state index in [4.69, 9.17) is 4.74 Å². The van der Waals surface area contributed by atoms with Crippen LogP contribution in [0.5, 0.6) is 0 Å². The lowest BCUT2D eigenvalue weighted by molar-refractivity contribution is 0.0636. The highest BCUT2D eigenvalue weighted by molar-refractivity contribution is 5.89. The summed E-state index contributed by atoms with van der Waals surface area (Å²) in [5, 5.41) is 6.11. The van der Waals surface area contributed by atoms with Crippen LogP contribution in [0.4, 0.5) is 16.2 Å². The van der Waals surface area contributed by atoms with Gasteiger partial charge in [0.15, 0.2) is 0 Å². The molecule has 1 amide bonds. The molecule has 0 saturated heterocycles. The Morgan fingerprint density at radius 1 is 1.17 bits per heavy atom. The van der Waals surface area contributed by atoms with Gasteiger partial charge in [0.2, 0.25) is 0 Å². The molecular weight excluding hydrogens is 290 g/mol. The molecule has 2 aromatic rings. The molecule has 1 aromatic heterocycles. The standard InChI is InChI=1S/C18H23N3O2/c1-13-9-10-19-11-14(13)12-20-15-7-5-6-8-16(15)21-17(22)23-18(2,3)4/h5-11,20H,12H2,1-4H3,(H,21,22). The number of hydrogen-bond donors (Lipinski definition) is 2. The SMILES string of the molecule is Cc1ccncc1CNc1ccccc1NC(=O)OC(C)(C)C. The van der Waals surface area contributed by atoms with Gasteiger partial charge in [0.05, 0.1) is 11.4 Å². The summed E-state index contributed by atoms with van der Waals surface area (Å²) in [6.07, 6.45) is 3.15. The molecule has 23 heavy (non-hydrogen) atoms. The van der Waals surface area contributed by atoms with Crippen molar-refractivity contribution in [3.63, 3.8) is 0 Å². The first-order valence-corrected chi connectivity index (χ1v) is 7.57. The van der Waals surface area contributed by atoms with Crippen molar-refractivity contribution in [1.29, 1.82) is 0 Å². The van der Waals surface area contributed by atoms with Gasteiger partial charge < -0.3 is 10.1 Å². The van der Waals surface area contributed by atoms with Crippen LogP contribution in [0.15, 0.2) is 42.7 Å². The number of anilines is 2. The van der Waals surface area contributed by atoms with Crippen molar-refractivity contribution in [2.75, 3.05) is 10.6 Å². The van der Waals surface area contributed by atoms with Gasteiger partial charge in [-0.05, 0) is 57.0 Å². The zero-order valence-electron chi connectivity index (χ0n) is 14.0. The number of nitrogens with one attached hydrogen (secondary N) is 2. The molecule has 0 aliphatic rings. The summed E-state index contributed by atoms with van der Waals surface area (Å²) in [5.74, 6) is 0. The minimum atomic E-state index is -0.528. The summed E-state index contributed by atoms with van der Waals surface area (Å²) in [4.78, 5) is 16.1. The number of rotatable bonds is 4. The van der Waals surface area contributed by atoms with Gasteiger partial charge in [-0.1, -0.05) is 12.1 Å². The number of aryl methyl sites for hydroxylation is 1. The highest BCUT2D eigenvalue weighted by Crippen LogP contribution is 2.23. The Labute approximate surface area is 137 Å². The van der Waals surface area contributed by atoms with E-state index >= 15 is 0 Å². The van der Waals surface area contributed by atoms with E-state index in [1.165, 1.54) is 5.56 Å². The van der Waals surface area contributed by atoms with Crippen LogP contribution in [0, 0.1) is 6.92 Å². The monoisotopic (exact) mass is 313 g/mol. The zero-order chi connectivity index (χ0) is 16.9. The summed E-state index contributed by atoms with van der Waals surface area (Å²) in [6.45, 7) is 8.18. The second kappa shape index (κ2) is 7.13. The van der Waals surface area contributed by atoms with Gasteiger partial charge in [-0.25, -0.2) is 4.79 Å². The van der Waals surface area contributed by atoms with Crippen molar-refractivity contribution >= 4 is 17.5 Å². The van der Waals surface area contributed by atoms with Gasteiger partial charge >= 0.3 is 6.09 Å². The van der Waals surface area contributed by atoms with Crippen molar-refractivity contribution in [3.8, 4) is 0 Å². The zero-order valence-corrected chi connectivity index (χ0v) is 14.0. The predicted molar refractivity (Wildman–Crippen MR) is 92.6 cm³/mol. The quantitative estimate of drug-likeness (QED) is 0.881. The van der Waals surface area contributed by atoms with Crippen LogP contribution in [-0.2, 0) is 11.3 Å². The smallest absolute Gasteiger partial charge is 0.412 e. The van der Waals surface area contributed by atoms with E-state index < -0.39 is 11.7 Å². The first-order valence-electron chi connectivity index (χ1n) is 7.57. The van der Waals surface area contributed by atoms with Gasteiger partial charge in [0.25, 0.3) is 0 Å². The number of nitrogens with zero attached hydrogens (tertiary/aromatic N) is 1. The van der Waals surface area contributed by atoms with Crippen LogP contribution >= 0.6 is 0 Å². The lowest BCUT2D eigenvalue weighted by Crippen LogP contribution is -2.27. The molecule has 5 heteroatoms. The van der Waals surface area contributed by atoms with Gasteiger partial charge in [0, 0.05) is 18.9 Å². The average Bonchev–Trinajstić information content (AvgIpc) is 2.46. The maximum atomic E-state index is 11.9. The lowest BCUT2D eigenvalue weighted by Gasteiger charge is -2.20. The Morgan fingerprint density at radius 3 is 2.52 bits per heavy atom. The van der Waals surface area contributed by atoms with Gasteiger partial charge in [-0.2, -0.15) is 0 Å². The third-order valence-corrected chi connectivity index (χ3v) is 3.18. The number of amides is 1. The third-order valence-electron chi connectivity index (χ3n) is 3.18. The van der Waals surface area contributed by atoms with Crippen molar-refractivity contribution in [3.05, 3.63) is 53.9 Å². The third kappa shape index (κ3) is 5.29. The Hall–Kier alpha value is -2.56. The Kier molecular flexibility index (Phi) is 5.21. The molecule has 122 valence electrons. The normalized spacial score (nSPS) is 11.0. The molecule has 0 unspecified atom stereocenters. The number of hydrogen-bond acceptors (Lipinski definition) is 4. The summed E-state index contributed by atoms with van der Waals surface area (Å²) in [7, 11) is 0. The van der Waals surface area contributed by atoms with Crippen molar-refractivity contribution in [1.82, 2.24) is 4.98 Å². The molecule has 2 N–H and O–H groups in total. The molecule has 0 saturated carbocycles. The Morgan fingerprint density at radius 2 is 1.87 bits per heavy atom. The van der Waals surface area contributed by atoms with Crippen LogP contribution in [0.3, 0.4) is 0 Å². The van der Waals surface area contributed by atoms with E-state index in [1.807, 2.05) is 64.2 Å². The minimum absolute atomic E-state index is 0.468. The van der Waals surface area contributed by atoms with Crippen molar-refractivity contribution in [2.24, 2.45) is 0 Å². The van der Waals surface area contributed by atoms with Gasteiger partial charge in [-0.15, -0.1) is 0 Å². The molecule has 5 nitrogen and oxygen atoms in total. The predicted octanol–water partition coefficient (Wildman–Crippen LogP) is 4.35. The lowest BCUT2D eigenvalue weighted by atomic mass is 10.1. The molecular formula is C18H23N3O2. The van der Waals surface area contributed by atoms with E-state index in [0.717, 1.165) is 11.3 Å². The van der Waals surface area contributed by atoms with Gasteiger partial charge in [0.1, 0.15) is 5.60 Å².